The summed E-state index contributed by atoms with van der Waals surface area (Å²) >= 11 is 3.32. The highest BCUT2D eigenvalue weighted by molar-refractivity contribution is 9.09. The van der Waals surface area contributed by atoms with Crippen LogP contribution in [0.15, 0.2) is 48.8 Å². The number of carbonyl (C=O) groups is 1. The van der Waals surface area contributed by atoms with E-state index in [1.807, 2.05) is 30.3 Å². The van der Waals surface area contributed by atoms with Gasteiger partial charge in [-0.15, -0.1) is 0 Å². The van der Waals surface area contributed by atoms with Crippen LogP contribution in [0.2, 0.25) is 0 Å². The van der Waals surface area contributed by atoms with Crippen LogP contribution in [0.1, 0.15) is 15.9 Å². The van der Waals surface area contributed by atoms with Gasteiger partial charge in [0.1, 0.15) is 0 Å². The maximum absolute atomic E-state index is 13.7. The van der Waals surface area contributed by atoms with E-state index < -0.39 is 5.82 Å². The summed E-state index contributed by atoms with van der Waals surface area (Å²) < 4.78 is 13.7. The number of rotatable bonds is 5. The van der Waals surface area contributed by atoms with Crippen LogP contribution in [-0.4, -0.2) is 27.7 Å². The van der Waals surface area contributed by atoms with E-state index in [2.05, 4.69) is 20.9 Å². The van der Waals surface area contributed by atoms with Crippen molar-refractivity contribution in [1.29, 1.82) is 0 Å². The van der Waals surface area contributed by atoms with Crippen molar-refractivity contribution in [3.63, 3.8) is 0 Å². The number of amides is 1. The fourth-order valence-electron chi connectivity index (χ4n) is 1.88. The van der Waals surface area contributed by atoms with Crippen molar-refractivity contribution < 1.29 is 9.18 Å². The van der Waals surface area contributed by atoms with Gasteiger partial charge in [-0.25, -0.2) is 4.39 Å². The van der Waals surface area contributed by atoms with Crippen molar-refractivity contribution in [2.45, 2.75) is 6.54 Å². The predicted molar refractivity (Wildman–Crippen MR) is 79.2 cm³/mol. The largest absolute Gasteiger partial charge is 0.333 e. The Morgan fingerprint density at radius 3 is 2.65 bits per heavy atom. The summed E-state index contributed by atoms with van der Waals surface area (Å²) in [6.45, 7) is 0.961. The average Bonchev–Trinajstić information content (AvgIpc) is 2.48. The molecule has 0 bridgehead atoms. The number of alkyl halides is 1. The zero-order valence-electron chi connectivity index (χ0n) is 10.8. The van der Waals surface area contributed by atoms with Gasteiger partial charge >= 0.3 is 0 Å². The maximum Gasteiger partial charge on any atom is 0.257 e. The molecular formula is C15H14BrFN2O. The quantitative estimate of drug-likeness (QED) is 0.785. The first-order chi connectivity index (χ1) is 9.72. The number of benzene rings is 1. The number of pyridine rings is 1. The predicted octanol–water partition coefficient (Wildman–Crippen LogP) is 3.26. The number of aromatic nitrogens is 1. The summed E-state index contributed by atoms with van der Waals surface area (Å²) in [6, 6.07) is 11.0. The fraction of sp³-hybridized carbons (Fsp3) is 0.200. The lowest BCUT2D eigenvalue weighted by Gasteiger charge is -2.22. The van der Waals surface area contributed by atoms with Crippen LogP contribution in [0, 0.1) is 5.82 Å². The van der Waals surface area contributed by atoms with Crippen LogP contribution in [0.25, 0.3) is 0 Å². The second-order valence-corrected chi connectivity index (χ2v) is 5.05. The molecule has 0 unspecified atom stereocenters. The summed E-state index contributed by atoms with van der Waals surface area (Å²) in [5.74, 6) is -0.918. The molecule has 1 heterocycles. The van der Waals surface area contributed by atoms with Crippen molar-refractivity contribution in [1.82, 2.24) is 9.88 Å². The fourth-order valence-corrected chi connectivity index (χ4v) is 2.31. The van der Waals surface area contributed by atoms with E-state index in [0.717, 1.165) is 11.8 Å². The summed E-state index contributed by atoms with van der Waals surface area (Å²) in [4.78, 5) is 17.7. The summed E-state index contributed by atoms with van der Waals surface area (Å²) in [6.07, 6.45) is 2.48. The molecule has 0 fully saturated rings. The average molecular weight is 337 g/mol. The molecule has 0 aliphatic rings. The van der Waals surface area contributed by atoms with Crippen LogP contribution < -0.4 is 0 Å². The Balaban J connectivity index is 2.20. The molecule has 104 valence electrons. The summed E-state index contributed by atoms with van der Waals surface area (Å²) in [7, 11) is 0. The number of carbonyl (C=O) groups excluding carboxylic acids is 1. The van der Waals surface area contributed by atoms with Gasteiger partial charge in [-0.1, -0.05) is 46.3 Å². The zero-order chi connectivity index (χ0) is 14.4. The normalized spacial score (nSPS) is 10.3. The van der Waals surface area contributed by atoms with E-state index in [9.17, 15) is 9.18 Å². The molecule has 0 saturated heterocycles. The Kier molecular flexibility index (Phi) is 5.24. The van der Waals surface area contributed by atoms with E-state index >= 15 is 0 Å². The highest BCUT2D eigenvalue weighted by Gasteiger charge is 2.18. The Bertz CT molecular complexity index is 577. The third kappa shape index (κ3) is 3.63. The first-order valence-corrected chi connectivity index (χ1v) is 7.33. The molecule has 0 aliphatic carbocycles. The van der Waals surface area contributed by atoms with Crippen LogP contribution in [0.4, 0.5) is 4.39 Å². The van der Waals surface area contributed by atoms with Crippen molar-refractivity contribution in [2.24, 2.45) is 0 Å². The lowest BCUT2D eigenvalue weighted by atomic mass is 10.2. The van der Waals surface area contributed by atoms with E-state index in [0.29, 0.717) is 18.4 Å². The molecule has 0 aliphatic heterocycles. The number of hydrogen-bond acceptors (Lipinski definition) is 2. The van der Waals surface area contributed by atoms with Gasteiger partial charge in [0.05, 0.1) is 11.8 Å². The first-order valence-electron chi connectivity index (χ1n) is 6.21. The molecule has 0 saturated carbocycles. The molecule has 2 aromatic rings. The molecule has 3 nitrogen and oxygen atoms in total. The molecule has 0 spiro atoms. The molecule has 1 aromatic carbocycles. The van der Waals surface area contributed by atoms with E-state index in [1.54, 1.807) is 4.90 Å². The maximum atomic E-state index is 13.7. The van der Waals surface area contributed by atoms with Crippen LogP contribution in [0.3, 0.4) is 0 Å². The van der Waals surface area contributed by atoms with Gasteiger partial charge in [0.15, 0.2) is 5.82 Å². The topological polar surface area (TPSA) is 33.2 Å². The van der Waals surface area contributed by atoms with Gasteiger partial charge in [-0.2, -0.15) is 0 Å². The summed E-state index contributed by atoms with van der Waals surface area (Å²) in [5, 5.41) is 0.637. The van der Waals surface area contributed by atoms with Gasteiger partial charge in [-0.3, -0.25) is 9.78 Å². The molecular weight excluding hydrogens is 323 g/mol. The smallest absolute Gasteiger partial charge is 0.257 e. The van der Waals surface area contributed by atoms with Crippen LogP contribution in [0.5, 0.6) is 0 Å². The number of halogens is 2. The van der Waals surface area contributed by atoms with Crippen molar-refractivity contribution in [3.8, 4) is 0 Å². The molecule has 2 rings (SSSR count). The standard InChI is InChI=1S/C15H14BrFN2O/c16-7-9-19(11-12-4-2-1-3-5-12)15(20)13-6-8-18-10-14(13)17/h1-6,8,10H,7,9,11H2. The zero-order valence-corrected chi connectivity index (χ0v) is 12.4. The van der Waals surface area contributed by atoms with Crippen LogP contribution in [-0.2, 0) is 6.54 Å². The van der Waals surface area contributed by atoms with Gasteiger partial charge in [0.2, 0.25) is 0 Å². The first kappa shape index (κ1) is 14.7. The van der Waals surface area contributed by atoms with Crippen molar-refractivity contribution in [3.05, 3.63) is 65.7 Å². The van der Waals surface area contributed by atoms with Gasteiger partial charge in [0.25, 0.3) is 5.91 Å². The minimum absolute atomic E-state index is 0.0527. The SMILES string of the molecule is O=C(c1ccncc1F)N(CCBr)Cc1ccccc1. The van der Waals surface area contributed by atoms with Gasteiger partial charge in [-0.05, 0) is 11.6 Å². The van der Waals surface area contributed by atoms with Crippen molar-refractivity contribution >= 4 is 21.8 Å². The van der Waals surface area contributed by atoms with Gasteiger partial charge < -0.3 is 4.90 Å². The monoisotopic (exact) mass is 336 g/mol. The Labute approximate surface area is 125 Å². The summed E-state index contributed by atoms with van der Waals surface area (Å²) in [5.41, 5.74) is 1.06. The number of hydrogen-bond donors (Lipinski definition) is 0. The Morgan fingerprint density at radius 1 is 1.25 bits per heavy atom. The van der Waals surface area contributed by atoms with E-state index in [1.165, 1.54) is 12.3 Å². The number of nitrogens with zero attached hydrogens (tertiary/aromatic N) is 2. The Hall–Kier alpha value is -1.75. The molecule has 1 aromatic heterocycles. The lowest BCUT2D eigenvalue weighted by molar-refractivity contribution is 0.0750. The molecule has 20 heavy (non-hydrogen) atoms. The highest BCUT2D eigenvalue weighted by Crippen LogP contribution is 2.12. The minimum Gasteiger partial charge on any atom is -0.333 e. The molecule has 0 radical (unpaired) electrons. The second kappa shape index (κ2) is 7.14. The molecule has 0 atom stereocenters. The van der Waals surface area contributed by atoms with Gasteiger partial charge in [0, 0.05) is 24.6 Å². The minimum atomic E-state index is -0.592. The second-order valence-electron chi connectivity index (χ2n) is 4.26. The third-order valence-corrected chi connectivity index (χ3v) is 3.22. The van der Waals surface area contributed by atoms with E-state index in [4.69, 9.17) is 0 Å². The molecule has 1 amide bonds. The Morgan fingerprint density at radius 2 is 2.00 bits per heavy atom. The van der Waals surface area contributed by atoms with Crippen molar-refractivity contribution in [2.75, 3.05) is 11.9 Å². The molecule has 5 heteroatoms. The third-order valence-electron chi connectivity index (χ3n) is 2.86. The van der Waals surface area contributed by atoms with E-state index in [-0.39, 0.29) is 11.5 Å². The highest BCUT2D eigenvalue weighted by atomic mass is 79.9. The molecule has 0 N–H and O–H groups in total. The van der Waals surface area contributed by atoms with Crippen LogP contribution >= 0.6 is 15.9 Å². The lowest BCUT2D eigenvalue weighted by Crippen LogP contribution is -2.32.